The number of halogens is 2. The smallest absolute Gasteiger partial charge is 0.325 e. The van der Waals surface area contributed by atoms with Crippen molar-refractivity contribution >= 4 is 68.3 Å². The zero-order chi connectivity index (χ0) is 25.6. The number of nitrogens with zero attached hydrogens (tertiary/aromatic N) is 2. The second kappa shape index (κ2) is 9.20. The molecule has 7 nitrogen and oxygen atoms in total. The summed E-state index contributed by atoms with van der Waals surface area (Å²) < 4.78 is 1.11. The number of amides is 4. The molecule has 0 spiro atoms. The van der Waals surface area contributed by atoms with E-state index in [1.165, 1.54) is 11.6 Å². The standard InChI is InChI=1S/C26H20Cl2N4O3S/c1-14-3-10-20-21(11-14)36-23(30-20)15-4-7-17(8-5-15)29-22(33)13-32-24(34)26(2,31-25(32)35)18-9-6-16(27)12-19(18)28/h3-12H,13H2,1-2H3,(H,29,33)(H,31,35). The van der Waals surface area contributed by atoms with Gasteiger partial charge in [-0.25, -0.2) is 9.78 Å². The minimum Gasteiger partial charge on any atom is -0.325 e. The lowest BCUT2D eigenvalue weighted by molar-refractivity contribution is -0.133. The Morgan fingerprint density at radius 2 is 1.83 bits per heavy atom. The highest BCUT2D eigenvalue weighted by atomic mass is 35.5. The van der Waals surface area contributed by atoms with Crippen LogP contribution in [0.1, 0.15) is 18.1 Å². The Kier molecular flexibility index (Phi) is 6.20. The zero-order valence-electron chi connectivity index (χ0n) is 19.3. The highest BCUT2D eigenvalue weighted by Crippen LogP contribution is 2.35. The predicted molar refractivity (Wildman–Crippen MR) is 142 cm³/mol. The fraction of sp³-hybridized carbons (Fsp3) is 0.154. The van der Waals surface area contributed by atoms with Gasteiger partial charge in [0.05, 0.1) is 10.2 Å². The molecule has 2 N–H and O–H groups in total. The van der Waals surface area contributed by atoms with Gasteiger partial charge in [0, 0.05) is 26.9 Å². The van der Waals surface area contributed by atoms with Crippen molar-refractivity contribution in [2.75, 3.05) is 11.9 Å². The molecule has 2 heterocycles. The maximum absolute atomic E-state index is 13.1. The summed E-state index contributed by atoms with van der Waals surface area (Å²) in [6.45, 7) is 3.15. The van der Waals surface area contributed by atoms with Gasteiger partial charge in [0.15, 0.2) is 0 Å². The average Bonchev–Trinajstić information content (AvgIpc) is 3.33. The largest absolute Gasteiger partial charge is 0.325 e. The van der Waals surface area contributed by atoms with Crippen molar-refractivity contribution in [1.82, 2.24) is 15.2 Å². The Morgan fingerprint density at radius 1 is 1.08 bits per heavy atom. The number of benzene rings is 3. The lowest BCUT2D eigenvalue weighted by Gasteiger charge is -2.23. The Bertz CT molecular complexity index is 1540. The van der Waals surface area contributed by atoms with Gasteiger partial charge in [-0.1, -0.05) is 35.3 Å². The molecule has 0 aliphatic carbocycles. The first-order chi connectivity index (χ1) is 17.1. The molecule has 4 aromatic rings. The van der Waals surface area contributed by atoms with Gasteiger partial charge in [-0.3, -0.25) is 14.5 Å². The van der Waals surface area contributed by atoms with E-state index >= 15 is 0 Å². The van der Waals surface area contributed by atoms with Gasteiger partial charge in [0.25, 0.3) is 5.91 Å². The van der Waals surface area contributed by atoms with E-state index in [-0.39, 0.29) is 5.02 Å². The molecule has 36 heavy (non-hydrogen) atoms. The van der Waals surface area contributed by atoms with Crippen LogP contribution in [0, 0.1) is 6.92 Å². The molecule has 1 aliphatic rings. The van der Waals surface area contributed by atoms with Crippen LogP contribution in [0.15, 0.2) is 60.7 Å². The molecule has 0 saturated carbocycles. The Balaban J connectivity index is 1.27. The lowest BCUT2D eigenvalue weighted by Crippen LogP contribution is -2.42. The number of hydrogen-bond acceptors (Lipinski definition) is 5. The second-order valence-electron chi connectivity index (χ2n) is 8.69. The number of fused-ring (bicyclic) bond motifs is 1. The zero-order valence-corrected chi connectivity index (χ0v) is 21.6. The van der Waals surface area contributed by atoms with Gasteiger partial charge in [-0.2, -0.15) is 0 Å². The third-order valence-corrected chi connectivity index (χ3v) is 7.62. The minimum atomic E-state index is -1.41. The molecule has 1 unspecified atom stereocenters. The second-order valence-corrected chi connectivity index (χ2v) is 10.6. The summed E-state index contributed by atoms with van der Waals surface area (Å²) in [5.41, 5.74) is 2.58. The first-order valence-corrected chi connectivity index (χ1v) is 12.6. The fourth-order valence-electron chi connectivity index (χ4n) is 4.11. The van der Waals surface area contributed by atoms with Crippen LogP contribution in [-0.4, -0.2) is 34.3 Å². The van der Waals surface area contributed by atoms with Crippen molar-refractivity contribution in [3.8, 4) is 10.6 Å². The van der Waals surface area contributed by atoms with E-state index in [1.807, 2.05) is 31.2 Å². The molecule has 182 valence electrons. The topological polar surface area (TPSA) is 91.4 Å². The van der Waals surface area contributed by atoms with Crippen molar-refractivity contribution in [1.29, 1.82) is 0 Å². The van der Waals surface area contributed by atoms with Crippen LogP contribution in [0.3, 0.4) is 0 Å². The molecule has 3 aromatic carbocycles. The normalized spacial score (nSPS) is 17.5. The Labute approximate surface area is 221 Å². The number of thiazole rings is 1. The monoisotopic (exact) mass is 538 g/mol. The third-order valence-electron chi connectivity index (χ3n) is 6.01. The summed E-state index contributed by atoms with van der Waals surface area (Å²) in [6, 6.07) is 17.4. The van der Waals surface area contributed by atoms with Crippen LogP contribution in [0.5, 0.6) is 0 Å². The van der Waals surface area contributed by atoms with Crippen molar-refractivity contribution in [2.45, 2.75) is 19.4 Å². The number of aromatic nitrogens is 1. The molecule has 1 atom stereocenters. The van der Waals surface area contributed by atoms with Crippen molar-refractivity contribution in [3.63, 3.8) is 0 Å². The first kappa shape index (κ1) is 24.2. The van der Waals surface area contributed by atoms with Crippen LogP contribution in [-0.2, 0) is 15.1 Å². The van der Waals surface area contributed by atoms with Gasteiger partial charge >= 0.3 is 6.03 Å². The van der Waals surface area contributed by atoms with Gasteiger partial charge in [0.2, 0.25) is 5.91 Å². The molecule has 1 saturated heterocycles. The summed E-state index contributed by atoms with van der Waals surface area (Å²) in [5.74, 6) is -1.08. The molecule has 5 rings (SSSR count). The summed E-state index contributed by atoms with van der Waals surface area (Å²) in [5, 5.41) is 6.91. The predicted octanol–water partition coefficient (Wildman–Crippen LogP) is 5.98. The van der Waals surface area contributed by atoms with E-state index in [1.54, 1.807) is 42.5 Å². The van der Waals surface area contributed by atoms with E-state index in [2.05, 4.69) is 21.7 Å². The SMILES string of the molecule is Cc1ccc2nc(-c3ccc(NC(=O)CN4C(=O)NC(C)(c5ccc(Cl)cc5Cl)C4=O)cc3)sc2c1. The van der Waals surface area contributed by atoms with Crippen LogP contribution < -0.4 is 10.6 Å². The van der Waals surface area contributed by atoms with Gasteiger partial charge in [-0.15, -0.1) is 11.3 Å². The molecule has 1 fully saturated rings. The van der Waals surface area contributed by atoms with Crippen LogP contribution in [0.4, 0.5) is 10.5 Å². The van der Waals surface area contributed by atoms with Gasteiger partial charge in [0.1, 0.15) is 17.1 Å². The molecule has 0 bridgehead atoms. The Hall–Kier alpha value is -3.46. The summed E-state index contributed by atoms with van der Waals surface area (Å²) in [7, 11) is 0. The van der Waals surface area contributed by atoms with Gasteiger partial charge < -0.3 is 10.6 Å². The highest BCUT2D eigenvalue weighted by Gasteiger charge is 2.50. The number of carbonyl (C=O) groups excluding carboxylic acids is 3. The number of urea groups is 1. The highest BCUT2D eigenvalue weighted by molar-refractivity contribution is 7.21. The van der Waals surface area contributed by atoms with E-state index in [4.69, 9.17) is 23.2 Å². The molecular formula is C26H20Cl2N4O3S. The number of nitrogens with one attached hydrogen (secondary N) is 2. The molecular weight excluding hydrogens is 519 g/mol. The maximum Gasteiger partial charge on any atom is 0.325 e. The van der Waals surface area contributed by atoms with Crippen LogP contribution in [0.25, 0.3) is 20.8 Å². The quantitative estimate of drug-likeness (QED) is 0.305. The number of rotatable bonds is 5. The molecule has 1 aromatic heterocycles. The van der Waals surface area contributed by atoms with E-state index in [0.717, 1.165) is 25.7 Å². The number of anilines is 1. The van der Waals surface area contributed by atoms with E-state index < -0.39 is 29.9 Å². The lowest BCUT2D eigenvalue weighted by atomic mass is 9.92. The van der Waals surface area contributed by atoms with E-state index in [9.17, 15) is 14.4 Å². The minimum absolute atomic E-state index is 0.244. The molecule has 0 radical (unpaired) electrons. The molecule has 1 aliphatic heterocycles. The number of aryl methyl sites for hydroxylation is 1. The Morgan fingerprint density at radius 3 is 2.56 bits per heavy atom. The van der Waals surface area contributed by atoms with Gasteiger partial charge in [-0.05, 0) is 67.9 Å². The third kappa shape index (κ3) is 4.43. The molecule has 10 heteroatoms. The van der Waals surface area contributed by atoms with Crippen molar-refractivity contribution in [3.05, 3.63) is 81.8 Å². The number of hydrogen-bond donors (Lipinski definition) is 2. The number of imide groups is 1. The van der Waals surface area contributed by atoms with Crippen LogP contribution >= 0.6 is 34.5 Å². The van der Waals surface area contributed by atoms with E-state index in [0.29, 0.717) is 16.3 Å². The van der Waals surface area contributed by atoms with Crippen molar-refractivity contribution in [2.24, 2.45) is 0 Å². The van der Waals surface area contributed by atoms with Crippen LogP contribution in [0.2, 0.25) is 10.0 Å². The maximum atomic E-state index is 13.1. The first-order valence-electron chi connectivity index (χ1n) is 11.0. The average molecular weight is 539 g/mol. The number of carbonyl (C=O) groups is 3. The van der Waals surface area contributed by atoms with Crippen molar-refractivity contribution < 1.29 is 14.4 Å². The summed E-state index contributed by atoms with van der Waals surface area (Å²) in [4.78, 5) is 43.9. The fourth-order valence-corrected chi connectivity index (χ4v) is 5.78. The molecule has 4 amide bonds. The summed E-state index contributed by atoms with van der Waals surface area (Å²) in [6.07, 6.45) is 0. The summed E-state index contributed by atoms with van der Waals surface area (Å²) >= 11 is 13.8.